The zero-order valence-corrected chi connectivity index (χ0v) is 9.56. The highest BCUT2D eigenvalue weighted by Crippen LogP contribution is 2.20. The molecule has 0 bridgehead atoms. The lowest BCUT2D eigenvalue weighted by molar-refractivity contribution is 0.825. The number of hydrogen-bond donors (Lipinski definition) is 0. The van der Waals surface area contributed by atoms with Crippen molar-refractivity contribution in [2.24, 2.45) is 0 Å². The molecule has 2 heterocycles. The summed E-state index contributed by atoms with van der Waals surface area (Å²) in [5, 5.41) is 5.23. The smallest absolute Gasteiger partial charge is 0.210 e. The van der Waals surface area contributed by atoms with Crippen molar-refractivity contribution < 1.29 is 0 Å². The van der Waals surface area contributed by atoms with E-state index in [0.717, 1.165) is 21.4 Å². The van der Waals surface area contributed by atoms with Gasteiger partial charge in [0.1, 0.15) is 0 Å². The average Bonchev–Trinajstić information content (AvgIpc) is 2.71. The lowest BCUT2D eigenvalue weighted by Crippen LogP contribution is -1.97. The zero-order valence-electron chi connectivity index (χ0n) is 7.99. The van der Waals surface area contributed by atoms with Crippen molar-refractivity contribution in [3.8, 4) is 5.13 Å². The fraction of sp³-hybridized carbons (Fsp3) is 0.333. The summed E-state index contributed by atoms with van der Waals surface area (Å²) < 4.78 is 1.84. The molecule has 0 saturated heterocycles. The van der Waals surface area contributed by atoms with Crippen LogP contribution in [0.3, 0.4) is 0 Å². The zero-order chi connectivity index (χ0) is 10.1. The van der Waals surface area contributed by atoms with Crippen LogP contribution in [0, 0.1) is 13.8 Å². The minimum atomic E-state index is 0.511. The molecule has 5 heteroatoms. The first kappa shape index (κ1) is 9.68. The minimum absolute atomic E-state index is 0.511. The van der Waals surface area contributed by atoms with E-state index in [0.29, 0.717) is 5.88 Å². The Kier molecular flexibility index (Phi) is 2.56. The third-order valence-electron chi connectivity index (χ3n) is 1.86. The van der Waals surface area contributed by atoms with Crippen LogP contribution in [-0.2, 0) is 5.88 Å². The van der Waals surface area contributed by atoms with Gasteiger partial charge in [0.2, 0.25) is 5.13 Å². The van der Waals surface area contributed by atoms with Crippen LogP contribution in [0.5, 0.6) is 0 Å². The topological polar surface area (TPSA) is 30.7 Å². The summed E-state index contributed by atoms with van der Waals surface area (Å²) in [5.41, 5.74) is 2.10. The number of aryl methyl sites for hydroxylation is 2. The molecule has 0 aromatic carbocycles. The fourth-order valence-corrected chi connectivity index (χ4v) is 2.28. The summed E-state index contributed by atoms with van der Waals surface area (Å²) in [6, 6.07) is 2.03. The Morgan fingerprint density at radius 2 is 2.29 bits per heavy atom. The van der Waals surface area contributed by atoms with Crippen LogP contribution in [-0.4, -0.2) is 14.8 Å². The molecular formula is C9H10ClN3S. The molecule has 0 aliphatic carbocycles. The molecule has 2 rings (SSSR count). The Morgan fingerprint density at radius 1 is 1.50 bits per heavy atom. The lowest BCUT2D eigenvalue weighted by atomic mass is 10.4. The van der Waals surface area contributed by atoms with Crippen LogP contribution in [0.1, 0.15) is 16.3 Å². The van der Waals surface area contributed by atoms with Gasteiger partial charge in [-0.2, -0.15) is 5.10 Å². The molecule has 0 aliphatic heterocycles. The summed E-state index contributed by atoms with van der Waals surface area (Å²) in [6.45, 7) is 3.99. The highest BCUT2D eigenvalue weighted by atomic mass is 35.5. The highest BCUT2D eigenvalue weighted by molar-refractivity contribution is 7.14. The van der Waals surface area contributed by atoms with Crippen molar-refractivity contribution in [2.45, 2.75) is 19.7 Å². The molecule has 2 aromatic rings. The summed E-state index contributed by atoms with van der Waals surface area (Å²) in [5.74, 6) is 0.511. The maximum atomic E-state index is 5.71. The van der Waals surface area contributed by atoms with Gasteiger partial charge in [0.15, 0.2) is 0 Å². The third-order valence-corrected chi connectivity index (χ3v) is 3.28. The Labute approximate surface area is 91.4 Å². The second-order valence-corrected chi connectivity index (χ2v) is 4.44. The van der Waals surface area contributed by atoms with Gasteiger partial charge in [-0.15, -0.1) is 11.6 Å². The van der Waals surface area contributed by atoms with Gasteiger partial charge in [-0.05, 0) is 19.9 Å². The van der Waals surface area contributed by atoms with E-state index < -0.39 is 0 Å². The van der Waals surface area contributed by atoms with Gasteiger partial charge < -0.3 is 0 Å². The molecule has 14 heavy (non-hydrogen) atoms. The Bertz CT molecular complexity index is 447. The predicted octanol–water partition coefficient (Wildman–Crippen LogP) is 2.68. The van der Waals surface area contributed by atoms with E-state index in [1.54, 1.807) is 17.5 Å². The van der Waals surface area contributed by atoms with Crippen molar-refractivity contribution in [1.82, 2.24) is 14.8 Å². The first-order valence-corrected chi connectivity index (χ1v) is 5.60. The second kappa shape index (κ2) is 3.71. The Hall–Kier alpha value is -0.870. The van der Waals surface area contributed by atoms with Crippen LogP contribution in [0.25, 0.3) is 5.13 Å². The van der Waals surface area contributed by atoms with E-state index in [1.807, 2.05) is 24.6 Å². The van der Waals surface area contributed by atoms with Crippen molar-refractivity contribution in [1.29, 1.82) is 0 Å². The maximum absolute atomic E-state index is 5.71. The van der Waals surface area contributed by atoms with Crippen molar-refractivity contribution in [2.75, 3.05) is 0 Å². The molecule has 0 fully saturated rings. The molecule has 0 saturated carbocycles. The Morgan fingerprint density at radius 3 is 2.79 bits per heavy atom. The van der Waals surface area contributed by atoms with Crippen LogP contribution < -0.4 is 0 Å². The first-order chi connectivity index (χ1) is 6.70. The summed E-state index contributed by atoms with van der Waals surface area (Å²) in [4.78, 5) is 5.33. The molecule has 0 unspecified atom stereocenters. The van der Waals surface area contributed by atoms with Gasteiger partial charge in [0.05, 0.1) is 11.6 Å². The number of rotatable bonds is 2. The van der Waals surface area contributed by atoms with E-state index in [1.165, 1.54) is 0 Å². The normalized spacial score (nSPS) is 10.8. The molecule has 2 aromatic heterocycles. The molecule has 0 amide bonds. The lowest BCUT2D eigenvalue weighted by Gasteiger charge is -1.96. The van der Waals surface area contributed by atoms with Crippen molar-refractivity contribution in [3.63, 3.8) is 0 Å². The summed E-state index contributed by atoms with van der Waals surface area (Å²) in [6.07, 6.45) is 1.80. The summed E-state index contributed by atoms with van der Waals surface area (Å²) >= 11 is 7.28. The van der Waals surface area contributed by atoms with Crippen LogP contribution in [0.4, 0.5) is 0 Å². The highest BCUT2D eigenvalue weighted by Gasteiger charge is 2.07. The van der Waals surface area contributed by atoms with Gasteiger partial charge in [-0.25, -0.2) is 9.67 Å². The SMILES string of the molecule is Cc1cc(C)n(-c2ncc(CCl)s2)n1. The minimum Gasteiger partial charge on any atom is -0.227 e. The van der Waals surface area contributed by atoms with Crippen LogP contribution >= 0.6 is 22.9 Å². The largest absolute Gasteiger partial charge is 0.227 e. The number of nitrogens with zero attached hydrogens (tertiary/aromatic N) is 3. The van der Waals surface area contributed by atoms with Gasteiger partial charge in [-0.1, -0.05) is 11.3 Å². The average molecular weight is 228 g/mol. The number of hydrogen-bond acceptors (Lipinski definition) is 3. The fourth-order valence-electron chi connectivity index (χ4n) is 1.28. The molecular weight excluding hydrogens is 218 g/mol. The predicted molar refractivity (Wildman–Crippen MR) is 58.3 cm³/mol. The molecule has 0 radical (unpaired) electrons. The number of thiazole rings is 1. The van der Waals surface area contributed by atoms with Crippen LogP contribution in [0.15, 0.2) is 12.3 Å². The number of aromatic nitrogens is 3. The van der Waals surface area contributed by atoms with Gasteiger partial charge in [-0.3, -0.25) is 0 Å². The monoisotopic (exact) mass is 227 g/mol. The summed E-state index contributed by atoms with van der Waals surface area (Å²) in [7, 11) is 0. The van der Waals surface area contributed by atoms with E-state index >= 15 is 0 Å². The van der Waals surface area contributed by atoms with E-state index in [2.05, 4.69) is 10.1 Å². The van der Waals surface area contributed by atoms with Gasteiger partial charge in [0.25, 0.3) is 0 Å². The van der Waals surface area contributed by atoms with E-state index in [-0.39, 0.29) is 0 Å². The quantitative estimate of drug-likeness (QED) is 0.739. The maximum Gasteiger partial charge on any atom is 0.210 e. The molecule has 74 valence electrons. The number of halogens is 1. The van der Waals surface area contributed by atoms with Crippen molar-refractivity contribution in [3.05, 3.63) is 28.5 Å². The Balaban J connectivity index is 2.43. The molecule has 0 atom stereocenters. The third kappa shape index (κ3) is 1.67. The van der Waals surface area contributed by atoms with Gasteiger partial charge >= 0.3 is 0 Å². The standard InChI is InChI=1S/C9H10ClN3S/c1-6-3-7(2)13(12-6)9-11-5-8(4-10)14-9/h3,5H,4H2,1-2H3. The molecule has 0 N–H and O–H groups in total. The number of alkyl halides is 1. The van der Waals surface area contributed by atoms with Crippen molar-refractivity contribution >= 4 is 22.9 Å². The molecule has 0 aliphatic rings. The molecule has 0 spiro atoms. The second-order valence-electron chi connectivity index (χ2n) is 3.08. The van der Waals surface area contributed by atoms with Gasteiger partial charge in [0, 0.05) is 16.8 Å². The van der Waals surface area contributed by atoms with E-state index in [4.69, 9.17) is 11.6 Å². The molecule has 3 nitrogen and oxygen atoms in total. The van der Waals surface area contributed by atoms with E-state index in [9.17, 15) is 0 Å². The van der Waals surface area contributed by atoms with Crippen LogP contribution in [0.2, 0.25) is 0 Å². The first-order valence-electron chi connectivity index (χ1n) is 4.25.